The highest BCUT2D eigenvalue weighted by molar-refractivity contribution is 6.88. The van der Waals surface area contributed by atoms with Crippen molar-refractivity contribution < 1.29 is 18.3 Å². The number of rotatable bonds is 8. The van der Waals surface area contributed by atoms with E-state index in [9.17, 15) is 0 Å². The zero-order valence-electron chi connectivity index (χ0n) is 22.6. The van der Waals surface area contributed by atoms with Crippen LogP contribution in [-0.4, -0.2) is 30.4 Å². The molecule has 0 unspecified atom stereocenters. The SMILES string of the molecule is COc1ccc(/C(=C(/c2ccc(OC)cc2)c2ccc([Si](C)(C)C)o2)c2ccc([Si](C)(C)C)o2)cc1. The summed E-state index contributed by atoms with van der Waals surface area (Å²) >= 11 is 0. The molecular weight excluding hydrogens is 480 g/mol. The van der Waals surface area contributed by atoms with E-state index in [-0.39, 0.29) is 0 Å². The molecule has 0 radical (unpaired) electrons. The maximum atomic E-state index is 6.58. The van der Waals surface area contributed by atoms with Crippen LogP contribution in [0.2, 0.25) is 39.3 Å². The quantitative estimate of drug-likeness (QED) is 0.187. The Kier molecular flexibility index (Phi) is 7.20. The number of methoxy groups -OCH3 is 2. The van der Waals surface area contributed by atoms with E-state index in [1.54, 1.807) is 14.2 Å². The average molecular weight is 517 g/mol. The van der Waals surface area contributed by atoms with Crippen LogP contribution in [0.4, 0.5) is 0 Å². The number of furan rings is 2. The molecule has 6 heteroatoms. The van der Waals surface area contributed by atoms with Crippen LogP contribution in [0.15, 0.2) is 81.6 Å². The molecule has 0 N–H and O–H groups in total. The first-order chi connectivity index (χ1) is 17.0. The molecule has 0 aliphatic carbocycles. The van der Waals surface area contributed by atoms with Crippen molar-refractivity contribution in [3.05, 3.63) is 95.4 Å². The summed E-state index contributed by atoms with van der Waals surface area (Å²) in [5, 5.41) is 2.14. The Morgan fingerprint density at radius 3 is 1.08 bits per heavy atom. The first-order valence-electron chi connectivity index (χ1n) is 12.3. The molecule has 0 saturated carbocycles. The zero-order valence-corrected chi connectivity index (χ0v) is 24.6. The molecule has 0 saturated heterocycles. The molecule has 2 aromatic heterocycles. The summed E-state index contributed by atoms with van der Waals surface area (Å²) in [6, 6.07) is 24.7. The van der Waals surface area contributed by atoms with E-state index in [1.807, 2.05) is 24.3 Å². The third-order valence-corrected chi connectivity index (χ3v) is 9.68. The van der Waals surface area contributed by atoms with Gasteiger partial charge >= 0.3 is 0 Å². The summed E-state index contributed by atoms with van der Waals surface area (Å²) in [5.41, 5.74) is 4.04. The predicted molar refractivity (Wildman–Crippen MR) is 154 cm³/mol. The van der Waals surface area contributed by atoms with Crippen molar-refractivity contribution >= 4 is 38.1 Å². The second kappa shape index (κ2) is 10.0. The average Bonchev–Trinajstić information content (AvgIpc) is 3.53. The molecule has 0 amide bonds. The van der Waals surface area contributed by atoms with E-state index in [4.69, 9.17) is 18.3 Å². The maximum absolute atomic E-state index is 6.58. The van der Waals surface area contributed by atoms with Gasteiger partial charge in [0.15, 0.2) is 0 Å². The van der Waals surface area contributed by atoms with Crippen molar-refractivity contribution in [2.45, 2.75) is 39.3 Å². The van der Waals surface area contributed by atoms with Crippen LogP contribution in [0.5, 0.6) is 11.5 Å². The van der Waals surface area contributed by atoms with Gasteiger partial charge < -0.3 is 18.3 Å². The molecule has 0 spiro atoms. The van der Waals surface area contributed by atoms with Crippen molar-refractivity contribution in [3.63, 3.8) is 0 Å². The normalized spacial score (nSPS) is 12.9. The fourth-order valence-electron chi connectivity index (χ4n) is 4.09. The summed E-state index contributed by atoms with van der Waals surface area (Å²) in [6.45, 7) is 13.8. The van der Waals surface area contributed by atoms with Gasteiger partial charge in [-0.15, -0.1) is 0 Å². The van der Waals surface area contributed by atoms with E-state index in [0.717, 1.165) is 56.1 Å². The lowest BCUT2D eigenvalue weighted by atomic mass is 9.91. The fraction of sp³-hybridized carbons (Fsp3) is 0.267. The lowest BCUT2D eigenvalue weighted by Crippen LogP contribution is -2.36. The molecule has 2 aromatic carbocycles. The van der Waals surface area contributed by atoms with E-state index < -0.39 is 16.1 Å². The lowest BCUT2D eigenvalue weighted by Gasteiger charge is -2.17. The summed E-state index contributed by atoms with van der Waals surface area (Å²) in [4.78, 5) is 0. The summed E-state index contributed by atoms with van der Waals surface area (Å²) < 4.78 is 24.0. The lowest BCUT2D eigenvalue weighted by molar-refractivity contribution is 0.414. The molecule has 4 aromatic rings. The molecule has 0 bridgehead atoms. The Morgan fingerprint density at radius 2 is 0.833 bits per heavy atom. The van der Waals surface area contributed by atoms with E-state index in [0.29, 0.717) is 0 Å². The monoisotopic (exact) mass is 516 g/mol. The van der Waals surface area contributed by atoms with E-state index >= 15 is 0 Å². The van der Waals surface area contributed by atoms with Gasteiger partial charge in [0.1, 0.15) is 39.2 Å². The van der Waals surface area contributed by atoms with Crippen molar-refractivity contribution in [2.75, 3.05) is 14.2 Å². The zero-order chi connectivity index (χ0) is 26.1. The first-order valence-corrected chi connectivity index (χ1v) is 19.3. The van der Waals surface area contributed by atoms with Gasteiger partial charge in [0, 0.05) is 11.1 Å². The Balaban J connectivity index is 2.05. The Morgan fingerprint density at radius 1 is 0.500 bits per heavy atom. The number of hydrogen-bond donors (Lipinski definition) is 0. The van der Waals surface area contributed by atoms with Crippen LogP contribution in [0, 0.1) is 0 Å². The van der Waals surface area contributed by atoms with Gasteiger partial charge in [-0.1, -0.05) is 63.5 Å². The minimum Gasteiger partial charge on any atom is -0.497 e. The summed E-state index contributed by atoms with van der Waals surface area (Å²) in [6.07, 6.45) is 0. The van der Waals surface area contributed by atoms with Crippen molar-refractivity contribution in [3.8, 4) is 11.5 Å². The van der Waals surface area contributed by atoms with Crippen molar-refractivity contribution in [1.29, 1.82) is 0 Å². The van der Waals surface area contributed by atoms with Crippen LogP contribution >= 0.6 is 0 Å². The Hall–Kier alpha value is -3.23. The molecule has 188 valence electrons. The topological polar surface area (TPSA) is 44.7 Å². The molecule has 0 aliphatic rings. The van der Waals surface area contributed by atoms with Crippen LogP contribution in [0.3, 0.4) is 0 Å². The minimum atomic E-state index is -1.64. The maximum Gasteiger partial charge on any atom is 0.134 e. The van der Waals surface area contributed by atoms with Gasteiger partial charge in [-0.3, -0.25) is 0 Å². The third kappa shape index (κ3) is 5.45. The molecular formula is C30H36O4Si2. The largest absolute Gasteiger partial charge is 0.497 e. The highest BCUT2D eigenvalue weighted by Gasteiger charge is 2.27. The van der Waals surface area contributed by atoms with Crippen molar-refractivity contribution in [1.82, 2.24) is 0 Å². The van der Waals surface area contributed by atoms with Gasteiger partial charge in [-0.25, -0.2) is 0 Å². The smallest absolute Gasteiger partial charge is 0.134 e. The first kappa shape index (κ1) is 25.9. The van der Waals surface area contributed by atoms with E-state index in [1.165, 1.54) is 0 Å². The van der Waals surface area contributed by atoms with Crippen LogP contribution in [0.1, 0.15) is 22.6 Å². The molecule has 0 aliphatic heterocycles. The Labute approximate surface area is 216 Å². The van der Waals surface area contributed by atoms with Gasteiger partial charge in [-0.05, 0) is 59.7 Å². The van der Waals surface area contributed by atoms with Crippen LogP contribution in [0.25, 0.3) is 11.1 Å². The molecule has 4 rings (SSSR count). The van der Waals surface area contributed by atoms with E-state index in [2.05, 4.69) is 87.8 Å². The molecule has 4 nitrogen and oxygen atoms in total. The third-order valence-electron chi connectivity index (χ3n) is 6.19. The van der Waals surface area contributed by atoms with Gasteiger partial charge in [0.25, 0.3) is 0 Å². The molecule has 0 atom stereocenters. The number of ether oxygens (including phenoxy) is 2. The second-order valence-corrected chi connectivity index (χ2v) is 21.0. The standard InChI is InChI=1S/C30H36O4Si2/c1-31-23-13-9-21(10-14-23)29(25-17-19-27(33-25)35(3,4)5)30(22-11-15-24(32-2)16-12-22)26-18-20-28(34-26)36(6,7)8/h9-20H,1-8H3/b30-29+. The minimum absolute atomic E-state index is 0.811. The van der Waals surface area contributed by atoms with Gasteiger partial charge in [0.2, 0.25) is 0 Å². The number of benzene rings is 2. The Bertz CT molecular complexity index is 1240. The van der Waals surface area contributed by atoms with Crippen LogP contribution < -0.4 is 20.2 Å². The highest BCUT2D eigenvalue weighted by Crippen LogP contribution is 2.38. The van der Waals surface area contributed by atoms with Gasteiger partial charge in [0.05, 0.1) is 25.0 Å². The van der Waals surface area contributed by atoms with Gasteiger partial charge in [-0.2, -0.15) is 0 Å². The predicted octanol–water partition coefficient (Wildman–Crippen LogP) is 6.99. The summed E-state index contributed by atoms with van der Waals surface area (Å²) in [5.74, 6) is 3.28. The van der Waals surface area contributed by atoms with Crippen LogP contribution in [-0.2, 0) is 0 Å². The fourth-order valence-corrected chi connectivity index (χ4v) is 6.08. The molecule has 0 fully saturated rings. The second-order valence-electron chi connectivity index (χ2n) is 11.0. The highest BCUT2D eigenvalue weighted by atomic mass is 28.3. The molecule has 36 heavy (non-hydrogen) atoms. The summed E-state index contributed by atoms with van der Waals surface area (Å²) in [7, 11) is 0.0769. The molecule has 2 heterocycles. The number of hydrogen-bond acceptors (Lipinski definition) is 4. The van der Waals surface area contributed by atoms with Crippen molar-refractivity contribution in [2.24, 2.45) is 0 Å².